The van der Waals surface area contributed by atoms with Crippen molar-refractivity contribution in [3.8, 4) is 11.8 Å². The van der Waals surface area contributed by atoms with Gasteiger partial charge in [0.1, 0.15) is 5.75 Å². The second kappa shape index (κ2) is 8.99. The summed E-state index contributed by atoms with van der Waals surface area (Å²) in [5, 5.41) is 8.76. The van der Waals surface area contributed by atoms with Gasteiger partial charge < -0.3 is 4.74 Å². The lowest BCUT2D eigenvalue weighted by molar-refractivity contribution is 0.302. The van der Waals surface area contributed by atoms with Gasteiger partial charge >= 0.3 is 0 Å². The monoisotopic (exact) mass is 309 g/mol. The van der Waals surface area contributed by atoms with E-state index in [2.05, 4.69) is 28.9 Å². The van der Waals surface area contributed by atoms with Crippen molar-refractivity contribution in [1.29, 1.82) is 5.26 Å². The van der Waals surface area contributed by atoms with Crippen LogP contribution in [0.5, 0.6) is 5.75 Å². The number of hydrogen-bond donors (Lipinski definition) is 0. The minimum atomic E-state index is 0.647. The molecule has 0 bridgehead atoms. The Bertz CT molecular complexity index is 398. The molecular formula is C15H20BrNO. The summed E-state index contributed by atoms with van der Waals surface area (Å²) in [6.07, 6.45) is 7.57. The molecule has 0 spiro atoms. The van der Waals surface area contributed by atoms with Crippen LogP contribution in [0.15, 0.2) is 22.7 Å². The Labute approximate surface area is 118 Å². The van der Waals surface area contributed by atoms with Gasteiger partial charge in [0.15, 0.2) is 0 Å². The molecule has 0 radical (unpaired) electrons. The molecule has 0 saturated carbocycles. The summed E-state index contributed by atoms with van der Waals surface area (Å²) in [5.74, 6) is 0.822. The number of rotatable bonds is 8. The van der Waals surface area contributed by atoms with Gasteiger partial charge in [-0.25, -0.2) is 0 Å². The SMILES string of the molecule is CCCCCCCCOc1ccc(C#N)cc1Br. The predicted molar refractivity (Wildman–Crippen MR) is 77.7 cm³/mol. The van der Waals surface area contributed by atoms with Crippen LogP contribution in [0, 0.1) is 11.3 Å². The maximum absolute atomic E-state index is 8.76. The molecule has 0 amide bonds. The molecular weight excluding hydrogens is 290 g/mol. The molecule has 0 fully saturated rings. The second-order valence-electron chi connectivity index (χ2n) is 4.37. The number of halogens is 1. The van der Waals surface area contributed by atoms with E-state index in [9.17, 15) is 0 Å². The minimum Gasteiger partial charge on any atom is -0.492 e. The number of benzene rings is 1. The smallest absolute Gasteiger partial charge is 0.133 e. The lowest BCUT2D eigenvalue weighted by Gasteiger charge is -2.08. The Balaban J connectivity index is 2.21. The quantitative estimate of drug-likeness (QED) is 0.629. The lowest BCUT2D eigenvalue weighted by atomic mass is 10.1. The number of unbranched alkanes of at least 4 members (excludes halogenated alkanes) is 5. The summed E-state index contributed by atoms with van der Waals surface area (Å²) < 4.78 is 6.54. The molecule has 18 heavy (non-hydrogen) atoms. The van der Waals surface area contributed by atoms with Gasteiger partial charge in [-0.1, -0.05) is 39.0 Å². The predicted octanol–water partition coefficient (Wildman–Crippen LogP) is 5.06. The van der Waals surface area contributed by atoms with Gasteiger partial charge in [0.25, 0.3) is 0 Å². The molecule has 0 unspecified atom stereocenters. The van der Waals surface area contributed by atoms with E-state index < -0.39 is 0 Å². The molecule has 0 aliphatic carbocycles. The van der Waals surface area contributed by atoms with Gasteiger partial charge in [0.2, 0.25) is 0 Å². The fourth-order valence-corrected chi connectivity index (χ4v) is 2.25. The van der Waals surface area contributed by atoms with Gasteiger partial charge in [0.05, 0.1) is 22.7 Å². The lowest BCUT2D eigenvalue weighted by Crippen LogP contribution is -1.98. The van der Waals surface area contributed by atoms with Gasteiger partial charge in [-0.05, 0) is 40.5 Å². The van der Waals surface area contributed by atoms with E-state index in [0.29, 0.717) is 5.56 Å². The van der Waals surface area contributed by atoms with E-state index in [0.717, 1.165) is 23.2 Å². The first-order chi connectivity index (χ1) is 8.77. The third-order valence-corrected chi connectivity index (χ3v) is 3.44. The van der Waals surface area contributed by atoms with Crippen molar-refractivity contribution >= 4 is 15.9 Å². The van der Waals surface area contributed by atoms with Crippen LogP contribution in [0.1, 0.15) is 51.0 Å². The Morgan fingerprint density at radius 2 is 1.89 bits per heavy atom. The first-order valence-electron chi connectivity index (χ1n) is 6.60. The summed E-state index contributed by atoms with van der Waals surface area (Å²) in [6.45, 7) is 2.97. The van der Waals surface area contributed by atoms with Crippen LogP contribution in [0.4, 0.5) is 0 Å². The van der Waals surface area contributed by atoms with Crippen LogP contribution in [0.3, 0.4) is 0 Å². The van der Waals surface area contributed by atoms with Gasteiger partial charge in [-0.15, -0.1) is 0 Å². The standard InChI is InChI=1S/C15H20BrNO/c1-2-3-4-5-6-7-10-18-15-9-8-13(12-17)11-14(15)16/h8-9,11H,2-7,10H2,1H3. The Morgan fingerprint density at radius 3 is 2.56 bits per heavy atom. The molecule has 1 aromatic rings. The zero-order chi connectivity index (χ0) is 13.2. The van der Waals surface area contributed by atoms with Crippen molar-refractivity contribution in [1.82, 2.24) is 0 Å². The molecule has 98 valence electrons. The summed E-state index contributed by atoms with van der Waals surface area (Å²) >= 11 is 3.42. The van der Waals surface area contributed by atoms with Crippen molar-refractivity contribution in [2.75, 3.05) is 6.61 Å². The van der Waals surface area contributed by atoms with E-state index >= 15 is 0 Å². The summed E-state index contributed by atoms with van der Waals surface area (Å²) in [4.78, 5) is 0. The molecule has 0 saturated heterocycles. The molecule has 0 aliphatic heterocycles. The molecule has 0 atom stereocenters. The topological polar surface area (TPSA) is 33.0 Å². The summed E-state index contributed by atoms with van der Waals surface area (Å²) in [6, 6.07) is 7.52. The van der Waals surface area contributed by atoms with E-state index in [1.165, 1.54) is 32.1 Å². The third-order valence-electron chi connectivity index (χ3n) is 2.82. The van der Waals surface area contributed by atoms with Crippen LogP contribution in [-0.4, -0.2) is 6.61 Å². The average molecular weight is 310 g/mol. The molecule has 0 N–H and O–H groups in total. The maximum atomic E-state index is 8.76. The van der Waals surface area contributed by atoms with Gasteiger partial charge in [-0.2, -0.15) is 5.26 Å². The van der Waals surface area contributed by atoms with Gasteiger partial charge in [-0.3, -0.25) is 0 Å². The van der Waals surface area contributed by atoms with Crippen molar-refractivity contribution in [2.45, 2.75) is 45.4 Å². The fraction of sp³-hybridized carbons (Fsp3) is 0.533. The fourth-order valence-electron chi connectivity index (χ4n) is 1.75. The molecule has 1 aromatic carbocycles. The highest BCUT2D eigenvalue weighted by Crippen LogP contribution is 2.26. The Hall–Kier alpha value is -1.01. The van der Waals surface area contributed by atoms with Crippen LogP contribution < -0.4 is 4.74 Å². The molecule has 2 nitrogen and oxygen atoms in total. The second-order valence-corrected chi connectivity index (χ2v) is 5.23. The van der Waals surface area contributed by atoms with E-state index in [1.807, 2.05) is 6.07 Å². The first-order valence-corrected chi connectivity index (χ1v) is 7.39. The largest absolute Gasteiger partial charge is 0.492 e. The Morgan fingerprint density at radius 1 is 1.17 bits per heavy atom. The average Bonchev–Trinajstić information content (AvgIpc) is 2.39. The molecule has 3 heteroatoms. The highest BCUT2D eigenvalue weighted by molar-refractivity contribution is 9.10. The van der Waals surface area contributed by atoms with E-state index in [-0.39, 0.29) is 0 Å². The number of nitriles is 1. The van der Waals surface area contributed by atoms with Crippen LogP contribution in [-0.2, 0) is 0 Å². The van der Waals surface area contributed by atoms with E-state index in [4.69, 9.17) is 10.00 Å². The highest BCUT2D eigenvalue weighted by Gasteiger charge is 2.02. The van der Waals surface area contributed by atoms with Crippen molar-refractivity contribution in [3.05, 3.63) is 28.2 Å². The van der Waals surface area contributed by atoms with Crippen LogP contribution in [0.2, 0.25) is 0 Å². The van der Waals surface area contributed by atoms with Crippen LogP contribution >= 0.6 is 15.9 Å². The zero-order valence-electron chi connectivity index (χ0n) is 10.9. The molecule has 0 aromatic heterocycles. The van der Waals surface area contributed by atoms with Crippen molar-refractivity contribution in [2.24, 2.45) is 0 Å². The van der Waals surface area contributed by atoms with Gasteiger partial charge in [0, 0.05) is 0 Å². The van der Waals surface area contributed by atoms with Crippen LogP contribution in [0.25, 0.3) is 0 Å². The summed E-state index contributed by atoms with van der Waals surface area (Å²) in [5.41, 5.74) is 0.647. The molecule has 0 heterocycles. The highest BCUT2D eigenvalue weighted by atomic mass is 79.9. The number of hydrogen-bond acceptors (Lipinski definition) is 2. The normalized spacial score (nSPS) is 10.1. The zero-order valence-corrected chi connectivity index (χ0v) is 12.5. The first kappa shape index (κ1) is 15.0. The summed E-state index contributed by atoms with van der Waals surface area (Å²) in [7, 11) is 0. The van der Waals surface area contributed by atoms with Crippen molar-refractivity contribution in [3.63, 3.8) is 0 Å². The number of nitrogens with zero attached hydrogens (tertiary/aromatic N) is 1. The maximum Gasteiger partial charge on any atom is 0.133 e. The third kappa shape index (κ3) is 5.55. The molecule has 0 aliphatic rings. The van der Waals surface area contributed by atoms with Crippen molar-refractivity contribution < 1.29 is 4.74 Å². The number of ether oxygens (including phenoxy) is 1. The molecule has 1 rings (SSSR count). The van der Waals surface area contributed by atoms with E-state index in [1.54, 1.807) is 12.1 Å². The Kier molecular flexibility index (Phi) is 7.52. The minimum absolute atomic E-state index is 0.647.